The quantitative estimate of drug-likeness (QED) is 0.377. The molecule has 2 aromatic heterocycles. The second-order valence-corrected chi connectivity index (χ2v) is 8.13. The van der Waals surface area contributed by atoms with Crippen molar-refractivity contribution in [3.63, 3.8) is 0 Å². The van der Waals surface area contributed by atoms with Gasteiger partial charge in [-0.2, -0.15) is 10.1 Å². The van der Waals surface area contributed by atoms with Crippen LogP contribution in [0.1, 0.15) is 15.2 Å². The molecule has 0 N–H and O–H groups in total. The number of pyridine rings is 1. The lowest BCUT2D eigenvalue weighted by Gasteiger charge is -2.37. The largest absolute Gasteiger partial charge is 0.497 e. The number of amides is 2. The smallest absolute Gasteiger partial charge is 0.335 e. The Bertz CT molecular complexity index is 1510. The Morgan fingerprint density at radius 1 is 1.14 bits per heavy atom. The zero-order valence-corrected chi connectivity index (χ0v) is 18.9. The van der Waals surface area contributed by atoms with Crippen LogP contribution in [-0.4, -0.2) is 40.9 Å². The number of rotatable bonds is 6. The lowest BCUT2D eigenvalue weighted by molar-refractivity contribution is 0.0796. The molecule has 0 saturated heterocycles. The molecule has 1 aliphatic heterocycles. The molecule has 180 valence electrons. The van der Waals surface area contributed by atoms with Crippen molar-refractivity contribution in [3.05, 3.63) is 65.9 Å². The van der Waals surface area contributed by atoms with Crippen molar-refractivity contribution in [2.24, 2.45) is 7.05 Å². The van der Waals surface area contributed by atoms with Gasteiger partial charge in [-0.25, -0.2) is 18.5 Å². The molecule has 2 amide bonds. The molecule has 5 rings (SSSR count). The number of ether oxygens (including phenoxy) is 2. The van der Waals surface area contributed by atoms with Crippen molar-refractivity contribution in [2.75, 3.05) is 23.4 Å². The first-order valence-corrected chi connectivity index (χ1v) is 10.7. The van der Waals surface area contributed by atoms with Crippen molar-refractivity contribution in [1.82, 2.24) is 14.8 Å². The van der Waals surface area contributed by atoms with Crippen LogP contribution in [-0.2, 0) is 13.6 Å². The third-order valence-corrected chi connectivity index (χ3v) is 5.74. The lowest BCUT2D eigenvalue weighted by Crippen LogP contribution is -2.45. The van der Waals surface area contributed by atoms with Crippen LogP contribution in [0.2, 0.25) is 0 Å². The summed E-state index contributed by atoms with van der Waals surface area (Å²) in [6, 6.07) is 12.5. The Morgan fingerprint density at radius 3 is 2.66 bits per heavy atom. The van der Waals surface area contributed by atoms with Crippen LogP contribution in [0.5, 0.6) is 11.6 Å². The highest BCUT2D eigenvalue weighted by Gasteiger charge is 2.35. The van der Waals surface area contributed by atoms with Crippen molar-refractivity contribution in [3.8, 4) is 11.6 Å². The fraction of sp³-hybridized carbons (Fsp3) is 0.240. The van der Waals surface area contributed by atoms with Gasteiger partial charge in [-0.05, 0) is 55.0 Å². The first-order valence-electron chi connectivity index (χ1n) is 12.2. The summed E-state index contributed by atoms with van der Waals surface area (Å²) in [7, 11) is -0.821. The highest BCUT2D eigenvalue weighted by Crippen LogP contribution is 2.39. The number of carbonyl (C=O) groups excluding carboxylic acids is 1. The Kier molecular flexibility index (Phi) is 4.84. The van der Waals surface area contributed by atoms with E-state index in [9.17, 15) is 13.6 Å². The van der Waals surface area contributed by atoms with Crippen LogP contribution in [0, 0.1) is 6.92 Å². The molecule has 2 aromatic carbocycles. The summed E-state index contributed by atoms with van der Waals surface area (Å²) in [5.41, 5.74) is 3.18. The molecule has 0 bridgehead atoms. The Labute approximate surface area is 204 Å². The van der Waals surface area contributed by atoms with Crippen LogP contribution < -0.4 is 19.3 Å². The fourth-order valence-corrected chi connectivity index (χ4v) is 4.09. The first kappa shape index (κ1) is 19.1. The second kappa shape index (κ2) is 8.86. The standard InChI is InChI=1S/C25H23F2N5O3/c1-15-10-23(35-14-22(26)27)28-24-20(15)13-31(18-6-9-21-16(11-18)12-30(2)29-21)25(33)32(24)17-4-7-19(34-3)8-5-17/h4-12,22H,13-14H2,1-3H3/i3D3. The van der Waals surface area contributed by atoms with Gasteiger partial charge in [0, 0.05) is 35.9 Å². The average molecular weight is 483 g/mol. The van der Waals surface area contributed by atoms with Crippen LogP contribution in [0.25, 0.3) is 10.9 Å². The average Bonchev–Trinajstić information content (AvgIpc) is 3.21. The summed E-state index contributed by atoms with van der Waals surface area (Å²) in [6.07, 6.45) is -0.836. The summed E-state index contributed by atoms with van der Waals surface area (Å²) < 4.78 is 59.3. The Morgan fingerprint density at radius 2 is 1.91 bits per heavy atom. The van der Waals surface area contributed by atoms with Crippen molar-refractivity contribution in [1.29, 1.82) is 0 Å². The summed E-state index contributed by atoms with van der Waals surface area (Å²) >= 11 is 0. The van der Waals surface area contributed by atoms with Crippen LogP contribution in [0.4, 0.5) is 30.8 Å². The Hall–Kier alpha value is -4.21. The maximum Gasteiger partial charge on any atom is 0.335 e. The normalized spacial score (nSPS) is 15.1. The fourth-order valence-electron chi connectivity index (χ4n) is 4.09. The minimum Gasteiger partial charge on any atom is -0.497 e. The maximum absolute atomic E-state index is 13.9. The van der Waals surface area contributed by atoms with Gasteiger partial charge in [0.25, 0.3) is 6.43 Å². The SMILES string of the molecule is [2H]C([2H])([2H])Oc1ccc(N2C(=O)N(c3ccc4nn(C)cc4c3)Cc3c(C)cc(OCC(F)F)nc32)cc1. The number of carbonyl (C=O) groups is 1. The number of nitrogens with zero attached hydrogens (tertiary/aromatic N) is 5. The number of anilines is 3. The van der Waals surface area contributed by atoms with E-state index in [0.717, 1.165) is 10.9 Å². The molecule has 0 aliphatic carbocycles. The minimum absolute atomic E-state index is 0.0352. The van der Waals surface area contributed by atoms with Crippen molar-refractivity contribution < 1.29 is 27.2 Å². The van der Waals surface area contributed by atoms with E-state index in [1.54, 1.807) is 28.6 Å². The molecule has 10 heteroatoms. The van der Waals surface area contributed by atoms with Gasteiger partial charge >= 0.3 is 6.03 Å². The number of alkyl halides is 2. The van der Waals surface area contributed by atoms with E-state index in [2.05, 4.69) is 10.1 Å². The van der Waals surface area contributed by atoms with Crippen molar-refractivity contribution >= 4 is 34.1 Å². The molecule has 0 atom stereocenters. The zero-order valence-electron chi connectivity index (χ0n) is 21.9. The predicted molar refractivity (Wildman–Crippen MR) is 128 cm³/mol. The molecule has 0 saturated carbocycles. The van der Waals surface area contributed by atoms with Gasteiger partial charge in [0.1, 0.15) is 5.75 Å². The highest BCUT2D eigenvalue weighted by atomic mass is 19.3. The number of hydrogen-bond donors (Lipinski definition) is 0. The van der Waals surface area contributed by atoms with Gasteiger partial charge in [-0.15, -0.1) is 0 Å². The van der Waals surface area contributed by atoms with E-state index in [1.165, 1.54) is 29.2 Å². The monoisotopic (exact) mass is 482 g/mol. The van der Waals surface area contributed by atoms with E-state index in [0.29, 0.717) is 22.5 Å². The molecule has 35 heavy (non-hydrogen) atoms. The molecule has 8 nitrogen and oxygen atoms in total. The van der Waals surface area contributed by atoms with Crippen LogP contribution in [0.3, 0.4) is 0 Å². The molecule has 4 aromatic rings. The van der Waals surface area contributed by atoms with E-state index < -0.39 is 26.1 Å². The van der Waals surface area contributed by atoms with E-state index in [4.69, 9.17) is 13.6 Å². The van der Waals surface area contributed by atoms with Crippen LogP contribution in [0.15, 0.2) is 54.7 Å². The van der Waals surface area contributed by atoms with Crippen molar-refractivity contribution in [2.45, 2.75) is 19.9 Å². The molecule has 0 radical (unpaired) electrons. The number of aryl methyl sites for hydroxylation is 2. The summed E-state index contributed by atoms with van der Waals surface area (Å²) in [6.45, 7) is 1.14. The predicted octanol–water partition coefficient (Wildman–Crippen LogP) is 5.21. The van der Waals surface area contributed by atoms with Gasteiger partial charge in [-0.1, -0.05) is 0 Å². The number of hydrogen-bond acceptors (Lipinski definition) is 5. The van der Waals surface area contributed by atoms with Gasteiger partial charge in [0.05, 0.1) is 28.9 Å². The summed E-state index contributed by atoms with van der Waals surface area (Å²) in [5, 5.41) is 5.23. The van der Waals surface area contributed by atoms with Gasteiger partial charge < -0.3 is 9.47 Å². The molecular formula is C25H23F2N5O3. The van der Waals surface area contributed by atoms with Gasteiger partial charge in [0.15, 0.2) is 12.4 Å². The van der Waals surface area contributed by atoms with E-state index in [1.807, 2.05) is 25.4 Å². The molecule has 3 heterocycles. The zero-order chi connectivity index (χ0) is 27.2. The molecule has 0 fully saturated rings. The third kappa shape index (κ3) is 4.23. The number of halogens is 2. The van der Waals surface area contributed by atoms with Gasteiger partial charge in [0.2, 0.25) is 5.88 Å². The molecular weight excluding hydrogens is 456 g/mol. The number of aromatic nitrogens is 3. The first-order chi connectivity index (χ1) is 18.0. The number of benzene rings is 2. The molecule has 0 spiro atoms. The summed E-state index contributed by atoms with van der Waals surface area (Å²) in [5.74, 6) is 0.296. The lowest BCUT2D eigenvalue weighted by atomic mass is 10.1. The maximum atomic E-state index is 13.9. The molecule has 0 unspecified atom stereocenters. The number of fused-ring (bicyclic) bond motifs is 2. The highest BCUT2D eigenvalue weighted by molar-refractivity contribution is 6.11. The van der Waals surface area contributed by atoms with E-state index >= 15 is 0 Å². The Balaban J connectivity index is 1.59. The molecule has 1 aliphatic rings. The summed E-state index contributed by atoms with van der Waals surface area (Å²) in [4.78, 5) is 21.3. The minimum atomic E-state index is -2.69. The number of urea groups is 1. The third-order valence-electron chi connectivity index (χ3n) is 5.74. The second-order valence-electron chi connectivity index (χ2n) is 8.13. The van der Waals surface area contributed by atoms with Gasteiger partial charge in [-0.3, -0.25) is 9.58 Å². The number of methoxy groups -OCH3 is 1. The topological polar surface area (TPSA) is 72.7 Å². The van der Waals surface area contributed by atoms with Crippen LogP contribution >= 0.6 is 0 Å². The van der Waals surface area contributed by atoms with E-state index in [-0.39, 0.29) is 24.0 Å².